The third-order valence-electron chi connectivity index (χ3n) is 4.49. The van der Waals surface area contributed by atoms with Gasteiger partial charge in [0.2, 0.25) is 0 Å². The molecule has 0 aliphatic heterocycles. The zero-order valence-corrected chi connectivity index (χ0v) is 18.3. The fourth-order valence-electron chi connectivity index (χ4n) is 2.76. The molecule has 0 bridgehead atoms. The van der Waals surface area contributed by atoms with Gasteiger partial charge in [0, 0.05) is 12.5 Å². The number of sulfone groups is 2. The first-order valence-electron chi connectivity index (χ1n) is 9.18. The lowest BCUT2D eigenvalue weighted by atomic mass is 10.1. The molecular formula is C24H22O4S2. The lowest BCUT2D eigenvalue weighted by molar-refractivity contribution is 0.600. The minimum Gasteiger partial charge on any atom is -0.224 e. The van der Waals surface area contributed by atoms with Crippen molar-refractivity contribution in [2.45, 2.75) is 9.79 Å². The summed E-state index contributed by atoms with van der Waals surface area (Å²) in [5.74, 6) is 0. The van der Waals surface area contributed by atoms with E-state index in [0.29, 0.717) is 9.79 Å². The average molecular weight is 439 g/mol. The maximum atomic E-state index is 11.5. The predicted octanol–water partition coefficient (Wildman–Crippen LogP) is 4.83. The first kappa shape index (κ1) is 21.7. The number of hydrogen-bond donors (Lipinski definition) is 0. The maximum Gasteiger partial charge on any atom is 0.175 e. The van der Waals surface area contributed by atoms with Gasteiger partial charge in [-0.2, -0.15) is 0 Å². The third-order valence-corrected chi connectivity index (χ3v) is 6.75. The molecule has 0 saturated heterocycles. The Balaban J connectivity index is 1.66. The van der Waals surface area contributed by atoms with E-state index in [1.807, 2.05) is 48.6 Å². The Labute approximate surface area is 178 Å². The second-order valence-electron chi connectivity index (χ2n) is 7.02. The molecule has 0 amide bonds. The molecule has 3 rings (SSSR count). The van der Waals surface area contributed by atoms with Gasteiger partial charge in [0.05, 0.1) is 9.79 Å². The van der Waals surface area contributed by atoms with Crippen molar-refractivity contribution in [2.24, 2.45) is 0 Å². The second-order valence-corrected chi connectivity index (χ2v) is 11.0. The molecule has 0 N–H and O–H groups in total. The van der Waals surface area contributed by atoms with Crippen molar-refractivity contribution < 1.29 is 16.8 Å². The Kier molecular flexibility index (Phi) is 6.39. The quantitative estimate of drug-likeness (QED) is 0.517. The van der Waals surface area contributed by atoms with Crippen molar-refractivity contribution in [1.82, 2.24) is 0 Å². The summed E-state index contributed by atoms with van der Waals surface area (Å²) in [6, 6.07) is 21.5. The zero-order valence-electron chi connectivity index (χ0n) is 16.7. The van der Waals surface area contributed by atoms with E-state index in [1.54, 1.807) is 48.5 Å². The molecule has 0 radical (unpaired) electrons. The van der Waals surface area contributed by atoms with Crippen molar-refractivity contribution in [3.63, 3.8) is 0 Å². The summed E-state index contributed by atoms with van der Waals surface area (Å²) in [6.45, 7) is 0. The molecule has 0 heterocycles. The van der Waals surface area contributed by atoms with Gasteiger partial charge < -0.3 is 0 Å². The van der Waals surface area contributed by atoms with E-state index in [9.17, 15) is 16.8 Å². The first-order chi connectivity index (χ1) is 14.1. The largest absolute Gasteiger partial charge is 0.224 e. The zero-order chi connectivity index (χ0) is 21.8. The Morgan fingerprint density at radius 1 is 0.433 bits per heavy atom. The summed E-state index contributed by atoms with van der Waals surface area (Å²) >= 11 is 0. The van der Waals surface area contributed by atoms with Crippen LogP contribution in [0.4, 0.5) is 0 Å². The molecule has 0 fully saturated rings. The van der Waals surface area contributed by atoms with Crippen LogP contribution >= 0.6 is 0 Å². The summed E-state index contributed by atoms with van der Waals surface area (Å²) in [5.41, 5.74) is 3.89. The molecule has 0 aliphatic carbocycles. The fraction of sp³-hybridized carbons (Fsp3) is 0.0833. The molecular weight excluding hydrogens is 416 g/mol. The summed E-state index contributed by atoms with van der Waals surface area (Å²) in [7, 11) is -6.37. The summed E-state index contributed by atoms with van der Waals surface area (Å²) in [4.78, 5) is 0.614. The molecule has 0 saturated carbocycles. The van der Waals surface area contributed by atoms with E-state index in [1.165, 1.54) is 12.5 Å². The summed E-state index contributed by atoms with van der Waals surface area (Å²) in [5, 5.41) is 0. The van der Waals surface area contributed by atoms with Crippen LogP contribution in [0, 0.1) is 0 Å². The SMILES string of the molecule is CS(=O)(=O)c1ccc(C=Cc2ccc(C=Cc3ccc(S(C)(=O)=O)cc3)cc2)cc1. The second kappa shape index (κ2) is 8.81. The van der Waals surface area contributed by atoms with Gasteiger partial charge in [0.25, 0.3) is 0 Å². The van der Waals surface area contributed by atoms with Crippen LogP contribution in [0.15, 0.2) is 82.6 Å². The van der Waals surface area contributed by atoms with Crippen molar-refractivity contribution in [3.8, 4) is 0 Å². The van der Waals surface area contributed by atoms with Crippen molar-refractivity contribution in [3.05, 3.63) is 95.1 Å². The fourth-order valence-corrected chi connectivity index (χ4v) is 4.02. The van der Waals surface area contributed by atoms with Crippen molar-refractivity contribution in [1.29, 1.82) is 0 Å². The van der Waals surface area contributed by atoms with Gasteiger partial charge >= 0.3 is 0 Å². The molecule has 0 atom stereocenters. The monoisotopic (exact) mass is 438 g/mol. The standard InChI is InChI=1S/C24H22O4S2/c1-29(25,26)23-15-11-21(12-16-23)9-7-19-3-5-20(6-4-19)8-10-22-13-17-24(18-14-22)30(2,27)28/h3-18H,1-2H3. The van der Waals surface area contributed by atoms with E-state index in [-0.39, 0.29) is 0 Å². The van der Waals surface area contributed by atoms with Gasteiger partial charge in [-0.3, -0.25) is 0 Å². The molecule has 0 unspecified atom stereocenters. The summed E-state index contributed by atoms with van der Waals surface area (Å²) < 4.78 is 46.0. The highest BCUT2D eigenvalue weighted by molar-refractivity contribution is 7.91. The molecule has 4 nitrogen and oxygen atoms in total. The van der Waals surface area contributed by atoms with Gasteiger partial charge in [0.15, 0.2) is 19.7 Å². The molecule has 0 spiro atoms. The molecule has 154 valence electrons. The molecule has 0 aliphatic rings. The summed E-state index contributed by atoms with van der Waals surface area (Å²) in [6.07, 6.45) is 10.2. The van der Waals surface area contributed by atoms with Gasteiger partial charge in [-0.25, -0.2) is 16.8 Å². The Morgan fingerprint density at radius 3 is 0.833 bits per heavy atom. The van der Waals surface area contributed by atoms with Crippen LogP contribution in [-0.4, -0.2) is 29.3 Å². The Bertz CT molecular complexity index is 1180. The van der Waals surface area contributed by atoms with Gasteiger partial charge in [-0.05, 0) is 46.5 Å². The topological polar surface area (TPSA) is 68.3 Å². The van der Waals surface area contributed by atoms with E-state index >= 15 is 0 Å². The minimum absolute atomic E-state index is 0.307. The van der Waals surface area contributed by atoms with E-state index in [4.69, 9.17) is 0 Å². The van der Waals surface area contributed by atoms with Crippen LogP contribution in [0.5, 0.6) is 0 Å². The van der Waals surface area contributed by atoms with Gasteiger partial charge in [-0.1, -0.05) is 72.8 Å². The molecule has 6 heteroatoms. The van der Waals surface area contributed by atoms with Crippen LogP contribution in [-0.2, 0) is 19.7 Å². The molecule has 3 aromatic rings. The van der Waals surface area contributed by atoms with Crippen LogP contribution in [0.1, 0.15) is 22.3 Å². The van der Waals surface area contributed by atoms with E-state index in [0.717, 1.165) is 22.3 Å². The molecule has 3 aromatic carbocycles. The van der Waals surface area contributed by atoms with E-state index in [2.05, 4.69) is 0 Å². The first-order valence-corrected chi connectivity index (χ1v) is 13.0. The highest BCUT2D eigenvalue weighted by Gasteiger charge is 2.06. The Hall–Kier alpha value is -2.96. The molecule has 30 heavy (non-hydrogen) atoms. The van der Waals surface area contributed by atoms with E-state index < -0.39 is 19.7 Å². The highest BCUT2D eigenvalue weighted by Crippen LogP contribution is 2.16. The molecule has 0 aromatic heterocycles. The van der Waals surface area contributed by atoms with Crippen LogP contribution in [0.2, 0.25) is 0 Å². The third kappa shape index (κ3) is 6.02. The lowest BCUT2D eigenvalue weighted by Crippen LogP contribution is -1.96. The normalized spacial score (nSPS) is 12.6. The van der Waals surface area contributed by atoms with Gasteiger partial charge in [-0.15, -0.1) is 0 Å². The van der Waals surface area contributed by atoms with Crippen molar-refractivity contribution in [2.75, 3.05) is 12.5 Å². The van der Waals surface area contributed by atoms with Crippen LogP contribution in [0.25, 0.3) is 24.3 Å². The number of rotatable bonds is 6. The maximum absolute atomic E-state index is 11.5. The van der Waals surface area contributed by atoms with Crippen LogP contribution in [0.3, 0.4) is 0 Å². The smallest absolute Gasteiger partial charge is 0.175 e. The van der Waals surface area contributed by atoms with Crippen LogP contribution < -0.4 is 0 Å². The number of hydrogen-bond acceptors (Lipinski definition) is 4. The average Bonchev–Trinajstić information content (AvgIpc) is 2.71. The van der Waals surface area contributed by atoms with Gasteiger partial charge in [0.1, 0.15) is 0 Å². The minimum atomic E-state index is -3.18. The lowest BCUT2D eigenvalue weighted by Gasteiger charge is -2.00. The highest BCUT2D eigenvalue weighted by atomic mass is 32.2. The number of benzene rings is 3. The Morgan fingerprint density at radius 2 is 0.633 bits per heavy atom. The van der Waals surface area contributed by atoms with Crippen molar-refractivity contribution >= 4 is 44.0 Å². The predicted molar refractivity (Wildman–Crippen MR) is 123 cm³/mol.